The average molecular weight is 814 g/mol. The van der Waals surface area contributed by atoms with E-state index >= 15 is 0 Å². The summed E-state index contributed by atoms with van der Waals surface area (Å²) in [5.74, 6) is -2.56. The van der Waals surface area contributed by atoms with Gasteiger partial charge in [-0.1, -0.05) is 45.1 Å². The first-order valence-electron chi connectivity index (χ1n) is 20.1. The van der Waals surface area contributed by atoms with Crippen molar-refractivity contribution in [3.05, 3.63) is 24.3 Å². The Morgan fingerprint density at radius 1 is 0.947 bits per heavy atom. The topological polar surface area (TPSA) is 206 Å². The molecule has 16 atom stereocenters. The number of aliphatic hydroxyl groups is 3. The van der Waals surface area contributed by atoms with Crippen LogP contribution < -0.4 is 0 Å². The van der Waals surface area contributed by atoms with Gasteiger partial charge < -0.3 is 62.9 Å². The molecule has 2 saturated heterocycles. The van der Waals surface area contributed by atoms with Crippen LogP contribution >= 0.6 is 0 Å². The number of carbonyl (C=O) groups excluding carboxylic acids is 4. The number of likely N-dealkylation sites (N-methyl/N-ethyl adjacent to an activating group) is 1. The van der Waals surface area contributed by atoms with Gasteiger partial charge in [-0.3, -0.25) is 14.4 Å². The first kappa shape index (κ1) is 48.6. The Balaban J connectivity index is 2.01. The van der Waals surface area contributed by atoms with Gasteiger partial charge in [0.15, 0.2) is 18.7 Å². The van der Waals surface area contributed by atoms with Crippen molar-refractivity contribution in [3.8, 4) is 0 Å². The summed E-state index contributed by atoms with van der Waals surface area (Å²) in [4.78, 5) is 52.3. The highest BCUT2D eigenvalue weighted by Crippen LogP contribution is 2.37. The molecule has 3 unspecified atom stereocenters. The highest BCUT2D eigenvalue weighted by Gasteiger charge is 2.53. The smallest absolute Gasteiger partial charge is 0.309 e. The van der Waals surface area contributed by atoms with Crippen molar-refractivity contribution < 1.29 is 72.4 Å². The van der Waals surface area contributed by atoms with E-state index in [9.17, 15) is 34.5 Å². The van der Waals surface area contributed by atoms with Gasteiger partial charge in [-0.25, -0.2) is 0 Å². The van der Waals surface area contributed by atoms with Gasteiger partial charge in [-0.05, 0) is 60.0 Å². The number of aldehydes is 1. The summed E-state index contributed by atoms with van der Waals surface area (Å²) < 4.78 is 48.6. The van der Waals surface area contributed by atoms with E-state index in [1.807, 2.05) is 13.0 Å². The van der Waals surface area contributed by atoms with E-state index in [1.165, 1.54) is 7.11 Å². The second-order valence-corrected chi connectivity index (χ2v) is 16.0. The molecule has 0 radical (unpaired) electrons. The molecule has 0 aromatic heterocycles. The molecule has 16 heteroatoms. The fourth-order valence-electron chi connectivity index (χ4n) is 7.82. The summed E-state index contributed by atoms with van der Waals surface area (Å²) in [5.41, 5.74) is -1.49. The highest BCUT2D eigenvalue weighted by atomic mass is 16.7. The number of allylic oxidation sites excluding steroid dienone is 1. The third-order valence-electron chi connectivity index (χ3n) is 10.7. The first-order valence-corrected chi connectivity index (χ1v) is 20.1. The molecule has 2 fully saturated rings. The van der Waals surface area contributed by atoms with Crippen LogP contribution in [0.15, 0.2) is 24.3 Å². The normalized spacial score (nSPS) is 41.1. The molecule has 16 nitrogen and oxygen atoms in total. The molecule has 57 heavy (non-hydrogen) atoms. The maximum absolute atomic E-state index is 13.3. The number of nitrogens with zero attached hydrogens (tertiary/aromatic N) is 1. The highest BCUT2D eigenvalue weighted by molar-refractivity contribution is 5.72. The number of hydrogen-bond donors (Lipinski definition) is 3. The van der Waals surface area contributed by atoms with E-state index in [-0.39, 0.29) is 31.6 Å². The van der Waals surface area contributed by atoms with Crippen molar-refractivity contribution >= 4 is 24.2 Å². The minimum atomic E-state index is -1.49. The number of hydrogen-bond acceptors (Lipinski definition) is 16. The van der Waals surface area contributed by atoms with E-state index in [1.54, 1.807) is 78.8 Å². The van der Waals surface area contributed by atoms with E-state index in [4.69, 9.17) is 37.9 Å². The lowest BCUT2D eigenvalue weighted by Gasteiger charge is -2.50. The van der Waals surface area contributed by atoms with Gasteiger partial charge in [0.1, 0.15) is 42.4 Å². The Kier molecular flexibility index (Phi) is 19.2. The molecule has 3 aliphatic rings. The molecule has 3 aliphatic heterocycles. The standard InChI is InChI=1S/C41H67NO15/c1-11-30(45)54-29-21-32(47)51-24(4)14-13-15-28(44)17-16-23(3)20-27(18-19-43)37(38(29)50-10)57-40-35(48)34(42(8)9)36(25(5)53-40)56-33-22-41(7,49)39(26(6)52-33)55-31(46)12-2/h13,15-17,19,23-29,33-40,44,48-49H,11-12,14,18,20-22H2,1-10H3/b15-13+,17-16+/t23-,24+,25+,26-,27?,28?,29?,33-,34+,35+,36+,37-,38-,39-,40-,41+/m0/s1. The van der Waals surface area contributed by atoms with Gasteiger partial charge in [0.25, 0.3) is 0 Å². The molecule has 3 N–H and O–H groups in total. The summed E-state index contributed by atoms with van der Waals surface area (Å²) in [6, 6.07) is -0.767. The molecule has 0 spiro atoms. The maximum Gasteiger partial charge on any atom is 0.309 e. The van der Waals surface area contributed by atoms with E-state index in [0.717, 1.165) is 6.29 Å². The van der Waals surface area contributed by atoms with E-state index in [2.05, 4.69) is 0 Å². The molecule has 0 bridgehead atoms. The third kappa shape index (κ3) is 13.9. The van der Waals surface area contributed by atoms with Crippen LogP contribution in [0.5, 0.6) is 0 Å². The lowest BCUT2D eigenvalue weighted by atomic mass is 9.84. The summed E-state index contributed by atoms with van der Waals surface area (Å²) in [6.07, 6.45) is -3.95. The molecule has 326 valence electrons. The van der Waals surface area contributed by atoms with Crippen molar-refractivity contribution in [1.29, 1.82) is 0 Å². The number of cyclic esters (lactones) is 1. The maximum atomic E-state index is 13.3. The molecule has 0 aliphatic carbocycles. The van der Waals surface area contributed by atoms with E-state index < -0.39 is 116 Å². The molecule has 3 heterocycles. The summed E-state index contributed by atoms with van der Waals surface area (Å²) in [6.45, 7) is 11.9. The number of aliphatic hydroxyl groups excluding tert-OH is 2. The van der Waals surface area contributed by atoms with Crippen LogP contribution in [0.4, 0.5) is 0 Å². The lowest BCUT2D eigenvalue weighted by molar-refractivity contribution is -0.344. The SMILES string of the molecule is CCC(=O)OC1CC(=O)O[C@H](C)C/C=C/C(O)/C=C/[C@H](C)CC(CC=O)[C@H](O[C@@H]2O[C@H](C)[C@@H](O[C@H]3C[C@@](C)(O)[C@@H](OC(=O)CC)[C@H](C)O3)[C@H](N(C)C)[C@H]2O)[C@H]1OC. The third-order valence-corrected chi connectivity index (χ3v) is 10.7. The summed E-state index contributed by atoms with van der Waals surface area (Å²) in [7, 11) is 4.89. The second kappa shape index (κ2) is 22.5. The molecule has 0 aromatic rings. The number of esters is 3. The van der Waals surface area contributed by atoms with Gasteiger partial charge in [-0.2, -0.15) is 0 Å². The Bertz CT molecular complexity index is 1350. The molecule has 3 rings (SSSR count). The monoisotopic (exact) mass is 813 g/mol. The fourth-order valence-corrected chi connectivity index (χ4v) is 7.82. The zero-order valence-electron chi connectivity index (χ0n) is 35.2. The van der Waals surface area contributed by atoms with Gasteiger partial charge in [0, 0.05) is 39.2 Å². The Morgan fingerprint density at radius 2 is 1.61 bits per heavy atom. The largest absolute Gasteiger partial charge is 0.462 e. The van der Waals surface area contributed by atoms with Gasteiger partial charge in [0.2, 0.25) is 0 Å². The van der Waals surface area contributed by atoms with Crippen LogP contribution in [-0.4, -0.2) is 151 Å². The first-order chi connectivity index (χ1) is 26.8. The van der Waals surface area contributed by atoms with Crippen LogP contribution in [0.1, 0.15) is 93.4 Å². The predicted molar refractivity (Wildman–Crippen MR) is 205 cm³/mol. The number of rotatable bonds is 12. The zero-order valence-corrected chi connectivity index (χ0v) is 35.2. The van der Waals surface area contributed by atoms with Crippen molar-refractivity contribution in [3.63, 3.8) is 0 Å². The Labute approximate surface area is 337 Å². The molecular formula is C41H67NO15. The average Bonchev–Trinajstić information content (AvgIpc) is 3.12. The fraction of sp³-hybridized carbons (Fsp3) is 0.805. The minimum absolute atomic E-state index is 0.00789. The van der Waals surface area contributed by atoms with Crippen LogP contribution in [-0.2, 0) is 57.1 Å². The predicted octanol–water partition coefficient (Wildman–Crippen LogP) is 2.77. The molecule has 0 aromatic carbocycles. The van der Waals surface area contributed by atoms with Crippen molar-refractivity contribution in [2.45, 2.75) is 179 Å². The Morgan fingerprint density at radius 3 is 2.21 bits per heavy atom. The minimum Gasteiger partial charge on any atom is -0.462 e. The lowest BCUT2D eigenvalue weighted by Crippen LogP contribution is -2.66. The van der Waals surface area contributed by atoms with Crippen LogP contribution in [0.25, 0.3) is 0 Å². The summed E-state index contributed by atoms with van der Waals surface area (Å²) in [5, 5.41) is 33.9. The molecule has 0 saturated carbocycles. The van der Waals surface area contributed by atoms with Crippen LogP contribution in [0, 0.1) is 11.8 Å². The van der Waals surface area contributed by atoms with Gasteiger partial charge in [0.05, 0.1) is 36.9 Å². The second-order valence-electron chi connectivity index (χ2n) is 16.0. The number of ether oxygens (including phenoxy) is 8. The van der Waals surface area contributed by atoms with Crippen molar-refractivity contribution in [2.24, 2.45) is 11.8 Å². The van der Waals surface area contributed by atoms with Crippen LogP contribution in [0.2, 0.25) is 0 Å². The summed E-state index contributed by atoms with van der Waals surface area (Å²) >= 11 is 0. The molecule has 0 amide bonds. The van der Waals surface area contributed by atoms with Crippen molar-refractivity contribution in [2.75, 3.05) is 21.2 Å². The number of carbonyl (C=O) groups is 4. The molecular weight excluding hydrogens is 746 g/mol. The van der Waals surface area contributed by atoms with Crippen molar-refractivity contribution in [1.82, 2.24) is 4.90 Å². The zero-order chi connectivity index (χ0) is 42.6. The van der Waals surface area contributed by atoms with Gasteiger partial charge >= 0.3 is 17.9 Å². The Hall–Kier alpha value is -2.80. The number of methoxy groups -OCH3 is 1. The van der Waals surface area contributed by atoms with Gasteiger partial charge in [-0.15, -0.1) is 0 Å². The van der Waals surface area contributed by atoms with Crippen LogP contribution in [0.3, 0.4) is 0 Å². The van der Waals surface area contributed by atoms with E-state index in [0.29, 0.717) is 12.8 Å². The quantitative estimate of drug-likeness (QED) is 0.112.